The van der Waals surface area contributed by atoms with Crippen LogP contribution in [-0.2, 0) is 23.9 Å². The lowest BCUT2D eigenvalue weighted by atomic mass is 10.1. The molecule has 2 atom stereocenters. The molecule has 2 aliphatic heterocycles. The number of ether oxygens (including phenoxy) is 2. The third-order valence-electron chi connectivity index (χ3n) is 3.11. The van der Waals surface area contributed by atoms with Gasteiger partial charge in [0.2, 0.25) is 0 Å². The van der Waals surface area contributed by atoms with E-state index >= 15 is 0 Å². The number of rotatable bonds is 4. The van der Waals surface area contributed by atoms with Crippen LogP contribution in [0, 0.1) is 0 Å². The van der Waals surface area contributed by atoms with Crippen LogP contribution in [0.25, 0.3) is 0 Å². The highest BCUT2D eigenvalue weighted by molar-refractivity contribution is 6.00. The predicted molar refractivity (Wildman–Crippen MR) is 70.0 cm³/mol. The molecule has 0 aromatic heterocycles. The van der Waals surface area contributed by atoms with Crippen molar-refractivity contribution >= 4 is 11.8 Å². The normalized spacial score (nSPS) is 28.9. The van der Waals surface area contributed by atoms with Crippen LogP contribution in [0.15, 0.2) is 24.5 Å². The van der Waals surface area contributed by atoms with E-state index in [0.29, 0.717) is 0 Å². The molecule has 6 heteroatoms. The third kappa shape index (κ3) is 2.76. The molecule has 110 valence electrons. The molecule has 2 fully saturated rings. The largest absolute Gasteiger partial charge is 0.371 e. The maximum Gasteiger partial charge on any atom is 0.263 e. The molecule has 2 heterocycles. The predicted octanol–water partition coefficient (Wildman–Crippen LogP) is 1.68. The first-order chi connectivity index (χ1) is 9.21. The van der Waals surface area contributed by atoms with Gasteiger partial charge in [0.25, 0.3) is 11.8 Å². The van der Waals surface area contributed by atoms with Crippen molar-refractivity contribution < 1.29 is 23.9 Å². The lowest BCUT2D eigenvalue weighted by Gasteiger charge is -2.22. The summed E-state index contributed by atoms with van der Waals surface area (Å²) in [4.78, 5) is 28.3. The molecule has 0 radical (unpaired) electrons. The molecule has 2 saturated heterocycles. The highest BCUT2D eigenvalue weighted by atomic mass is 16.8. The SMILES string of the molecule is C=C(C)C1OC(C)(C)O[C@H]1C(=C)ON1C(=O)CCC1=O. The van der Waals surface area contributed by atoms with Gasteiger partial charge in [-0.1, -0.05) is 13.2 Å². The van der Waals surface area contributed by atoms with E-state index in [2.05, 4.69) is 13.2 Å². The first-order valence-electron chi connectivity index (χ1n) is 6.45. The smallest absolute Gasteiger partial charge is 0.263 e. The molecule has 2 rings (SSSR count). The Hall–Kier alpha value is -1.66. The monoisotopic (exact) mass is 281 g/mol. The van der Waals surface area contributed by atoms with E-state index in [-0.39, 0.29) is 30.4 Å². The Morgan fingerprint density at radius 3 is 2.20 bits per heavy atom. The Morgan fingerprint density at radius 1 is 1.20 bits per heavy atom. The maximum atomic E-state index is 11.5. The summed E-state index contributed by atoms with van der Waals surface area (Å²) < 4.78 is 11.4. The summed E-state index contributed by atoms with van der Waals surface area (Å²) in [6.45, 7) is 12.9. The number of hydroxylamine groups is 2. The van der Waals surface area contributed by atoms with Crippen LogP contribution in [0.3, 0.4) is 0 Å². The number of carbonyl (C=O) groups excluding carboxylic acids is 2. The quantitative estimate of drug-likeness (QED) is 0.445. The van der Waals surface area contributed by atoms with Gasteiger partial charge in [-0.2, -0.15) is 0 Å². The van der Waals surface area contributed by atoms with Crippen molar-refractivity contribution in [3.63, 3.8) is 0 Å². The average molecular weight is 281 g/mol. The minimum absolute atomic E-state index is 0.156. The Labute approximate surface area is 117 Å². The van der Waals surface area contributed by atoms with Gasteiger partial charge >= 0.3 is 0 Å². The standard InChI is InChI=1S/C14H19NO5/c1-8(2)12-13(19-14(4,5)18-12)9(3)20-15-10(16)6-7-11(15)17/h12-13H,1,3,6-7H2,2,4-5H3/t12?,13-/m0/s1. The van der Waals surface area contributed by atoms with Gasteiger partial charge < -0.3 is 14.3 Å². The number of hydrogen-bond acceptors (Lipinski definition) is 5. The fraction of sp³-hybridized carbons (Fsp3) is 0.571. The van der Waals surface area contributed by atoms with Gasteiger partial charge in [-0.3, -0.25) is 9.59 Å². The van der Waals surface area contributed by atoms with Crippen molar-refractivity contribution in [2.24, 2.45) is 0 Å². The molecule has 0 spiro atoms. The molecule has 0 N–H and O–H groups in total. The van der Waals surface area contributed by atoms with Crippen LogP contribution >= 0.6 is 0 Å². The Balaban J connectivity index is 2.10. The zero-order valence-electron chi connectivity index (χ0n) is 12.0. The van der Waals surface area contributed by atoms with Crippen LogP contribution in [0.2, 0.25) is 0 Å². The van der Waals surface area contributed by atoms with E-state index in [4.69, 9.17) is 14.3 Å². The van der Waals surface area contributed by atoms with E-state index < -0.39 is 18.0 Å². The first kappa shape index (κ1) is 14.7. The molecule has 20 heavy (non-hydrogen) atoms. The lowest BCUT2D eigenvalue weighted by molar-refractivity contribution is -0.184. The molecule has 0 aromatic rings. The molecule has 0 saturated carbocycles. The fourth-order valence-electron chi connectivity index (χ4n) is 2.18. The molecule has 2 amide bonds. The summed E-state index contributed by atoms with van der Waals surface area (Å²) >= 11 is 0. The van der Waals surface area contributed by atoms with Gasteiger partial charge in [-0.25, -0.2) is 0 Å². The molecule has 1 unspecified atom stereocenters. The summed E-state index contributed by atoms with van der Waals surface area (Å²) in [7, 11) is 0. The van der Waals surface area contributed by atoms with Crippen molar-refractivity contribution in [3.8, 4) is 0 Å². The fourth-order valence-corrected chi connectivity index (χ4v) is 2.18. The van der Waals surface area contributed by atoms with Crippen molar-refractivity contribution in [1.82, 2.24) is 5.06 Å². The second kappa shape index (κ2) is 5.03. The van der Waals surface area contributed by atoms with Crippen LogP contribution in [0.1, 0.15) is 33.6 Å². The van der Waals surface area contributed by atoms with E-state index in [1.165, 1.54) is 0 Å². The van der Waals surface area contributed by atoms with E-state index in [1.807, 2.05) is 6.92 Å². The van der Waals surface area contributed by atoms with Crippen LogP contribution in [0.5, 0.6) is 0 Å². The Kier molecular flexibility index (Phi) is 3.71. The molecule has 0 bridgehead atoms. The highest BCUT2D eigenvalue weighted by Crippen LogP contribution is 2.35. The van der Waals surface area contributed by atoms with Crippen molar-refractivity contribution in [2.75, 3.05) is 0 Å². The van der Waals surface area contributed by atoms with Gasteiger partial charge in [-0.15, -0.1) is 5.06 Å². The van der Waals surface area contributed by atoms with Crippen LogP contribution in [-0.4, -0.2) is 34.9 Å². The van der Waals surface area contributed by atoms with E-state index in [0.717, 1.165) is 10.6 Å². The first-order valence-corrected chi connectivity index (χ1v) is 6.45. The molecule has 0 aromatic carbocycles. The number of amides is 2. The lowest BCUT2D eigenvalue weighted by Crippen LogP contribution is -2.34. The Bertz CT molecular complexity index is 466. The second-order valence-corrected chi connectivity index (χ2v) is 5.46. The van der Waals surface area contributed by atoms with Crippen molar-refractivity contribution in [1.29, 1.82) is 0 Å². The number of carbonyl (C=O) groups is 2. The Morgan fingerprint density at radius 2 is 1.70 bits per heavy atom. The second-order valence-electron chi connectivity index (χ2n) is 5.46. The summed E-state index contributed by atoms with van der Waals surface area (Å²) in [5, 5.41) is 0.743. The van der Waals surface area contributed by atoms with Gasteiger partial charge in [-0.05, 0) is 26.3 Å². The third-order valence-corrected chi connectivity index (χ3v) is 3.11. The zero-order chi connectivity index (χ0) is 15.1. The molecular weight excluding hydrogens is 262 g/mol. The number of imide groups is 1. The van der Waals surface area contributed by atoms with Gasteiger partial charge in [0, 0.05) is 12.8 Å². The molecular formula is C14H19NO5. The zero-order valence-corrected chi connectivity index (χ0v) is 12.0. The van der Waals surface area contributed by atoms with Gasteiger partial charge in [0.15, 0.2) is 17.7 Å². The highest BCUT2D eigenvalue weighted by Gasteiger charge is 2.45. The maximum absolute atomic E-state index is 11.5. The van der Waals surface area contributed by atoms with Crippen molar-refractivity contribution in [3.05, 3.63) is 24.5 Å². The van der Waals surface area contributed by atoms with Crippen LogP contribution < -0.4 is 0 Å². The minimum atomic E-state index is -0.806. The van der Waals surface area contributed by atoms with Gasteiger partial charge in [0.05, 0.1) is 0 Å². The van der Waals surface area contributed by atoms with Gasteiger partial charge in [0.1, 0.15) is 6.10 Å². The number of hydrogen-bond donors (Lipinski definition) is 0. The topological polar surface area (TPSA) is 65.1 Å². The molecule has 0 aliphatic carbocycles. The molecule has 6 nitrogen and oxygen atoms in total. The summed E-state index contributed by atoms with van der Waals surface area (Å²) in [6.07, 6.45) is -0.721. The van der Waals surface area contributed by atoms with E-state index in [9.17, 15) is 9.59 Å². The summed E-state index contributed by atoms with van der Waals surface area (Å²) in [5.74, 6) is -1.39. The number of nitrogens with zero attached hydrogens (tertiary/aromatic N) is 1. The summed E-state index contributed by atoms with van der Waals surface area (Å²) in [6, 6.07) is 0. The summed E-state index contributed by atoms with van der Waals surface area (Å²) in [5.41, 5.74) is 0.754. The van der Waals surface area contributed by atoms with E-state index in [1.54, 1.807) is 13.8 Å². The minimum Gasteiger partial charge on any atom is -0.371 e. The van der Waals surface area contributed by atoms with Crippen LogP contribution in [0.4, 0.5) is 0 Å². The average Bonchev–Trinajstić information content (AvgIpc) is 2.83. The van der Waals surface area contributed by atoms with Crippen molar-refractivity contribution in [2.45, 2.75) is 51.6 Å². The molecule has 2 aliphatic rings.